The molecule has 0 saturated carbocycles. The number of hydrogen-bond acceptors (Lipinski definition) is 5. The van der Waals surface area contributed by atoms with Crippen LogP contribution in [0.1, 0.15) is 40.9 Å². The number of nitrogens with zero attached hydrogens (tertiary/aromatic N) is 2. The maximum atomic E-state index is 12.6. The number of amides is 3. The fourth-order valence-electron chi connectivity index (χ4n) is 3.16. The first kappa shape index (κ1) is 19.1. The molecular formula is C20H20N4O4. The smallest absolute Gasteiger partial charge is 0.254 e. The molecule has 0 bridgehead atoms. The van der Waals surface area contributed by atoms with E-state index in [2.05, 4.69) is 10.3 Å². The average molecular weight is 380 g/mol. The van der Waals surface area contributed by atoms with Crippen molar-refractivity contribution in [3.63, 3.8) is 0 Å². The summed E-state index contributed by atoms with van der Waals surface area (Å²) < 4.78 is 4.99. The van der Waals surface area contributed by atoms with Crippen LogP contribution in [0, 0.1) is 0 Å². The van der Waals surface area contributed by atoms with Gasteiger partial charge in [0.25, 0.3) is 5.91 Å². The number of anilines is 1. The van der Waals surface area contributed by atoms with Gasteiger partial charge in [-0.15, -0.1) is 0 Å². The van der Waals surface area contributed by atoms with Gasteiger partial charge >= 0.3 is 0 Å². The predicted octanol–water partition coefficient (Wildman–Crippen LogP) is 2.09. The molecule has 1 aromatic carbocycles. The summed E-state index contributed by atoms with van der Waals surface area (Å²) in [6.07, 6.45) is 4.94. The Labute approximate surface area is 162 Å². The molecule has 8 nitrogen and oxygen atoms in total. The van der Waals surface area contributed by atoms with Crippen LogP contribution in [0.15, 0.2) is 42.7 Å². The molecule has 0 aliphatic carbocycles. The number of rotatable bonds is 5. The van der Waals surface area contributed by atoms with Crippen molar-refractivity contribution in [2.45, 2.75) is 19.4 Å². The van der Waals surface area contributed by atoms with Gasteiger partial charge in [0.1, 0.15) is 5.56 Å². The number of hydrogen-bond donors (Lipinski definition) is 2. The molecule has 2 heterocycles. The maximum Gasteiger partial charge on any atom is 0.254 e. The third-order valence-electron chi connectivity index (χ3n) is 4.44. The maximum absolute atomic E-state index is 12.6. The van der Waals surface area contributed by atoms with Crippen LogP contribution < -0.4 is 15.8 Å². The number of carbonyl (C=O) groups excluding carboxylic acids is 3. The molecular weight excluding hydrogens is 360 g/mol. The molecule has 28 heavy (non-hydrogen) atoms. The second kappa shape index (κ2) is 7.91. The van der Waals surface area contributed by atoms with Gasteiger partial charge in [-0.3, -0.25) is 14.4 Å². The summed E-state index contributed by atoms with van der Waals surface area (Å²) in [5.41, 5.74) is 7.55. The Hall–Kier alpha value is -3.68. The molecule has 0 spiro atoms. The summed E-state index contributed by atoms with van der Waals surface area (Å²) in [7, 11) is 1.37. The first-order chi connectivity index (χ1) is 13.4. The first-order valence-corrected chi connectivity index (χ1v) is 8.60. The highest BCUT2D eigenvalue weighted by Gasteiger charge is 2.28. The van der Waals surface area contributed by atoms with Crippen LogP contribution in [0.2, 0.25) is 0 Å². The first-order valence-electron chi connectivity index (χ1n) is 8.60. The number of carbonyl (C=O) groups is 3. The Bertz CT molecular complexity index is 970. The van der Waals surface area contributed by atoms with Gasteiger partial charge in [-0.1, -0.05) is 24.3 Å². The fourth-order valence-corrected chi connectivity index (χ4v) is 3.16. The minimum Gasteiger partial charge on any atom is -0.480 e. The van der Waals surface area contributed by atoms with E-state index in [1.165, 1.54) is 31.2 Å². The lowest BCUT2D eigenvalue weighted by Gasteiger charge is -2.32. The molecule has 144 valence electrons. The van der Waals surface area contributed by atoms with Crippen molar-refractivity contribution < 1.29 is 19.1 Å². The van der Waals surface area contributed by atoms with E-state index < -0.39 is 11.9 Å². The number of methoxy groups -OCH3 is 1. The van der Waals surface area contributed by atoms with Gasteiger partial charge in [0.15, 0.2) is 0 Å². The highest BCUT2D eigenvalue weighted by atomic mass is 16.5. The molecule has 1 aliphatic rings. The number of ether oxygens (including phenoxy) is 1. The standard InChI is InChI=1S/C20H20N4O4/c1-12(25)24-8-7-13-5-3-4-6-15(13)17(24)10-18(26)23-14-9-16(19(21)27)20(28-2)22-11-14/h3-9,11,17H,10H2,1-2H3,(H2,21,27)(H,23,26). The molecule has 3 rings (SSSR count). The summed E-state index contributed by atoms with van der Waals surface area (Å²) in [6.45, 7) is 1.45. The van der Waals surface area contributed by atoms with E-state index in [-0.39, 0.29) is 29.7 Å². The Morgan fingerprint density at radius 2 is 2.04 bits per heavy atom. The van der Waals surface area contributed by atoms with Crippen molar-refractivity contribution in [1.82, 2.24) is 9.88 Å². The van der Waals surface area contributed by atoms with Crippen molar-refractivity contribution in [2.24, 2.45) is 5.73 Å². The van der Waals surface area contributed by atoms with Gasteiger partial charge in [0.05, 0.1) is 31.5 Å². The zero-order valence-electron chi connectivity index (χ0n) is 15.5. The number of benzene rings is 1. The quantitative estimate of drug-likeness (QED) is 0.824. The van der Waals surface area contributed by atoms with Crippen LogP contribution in [0.3, 0.4) is 0 Å². The third-order valence-corrected chi connectivity index (χ3v) is 4.44. The zero-order chi connectivity index (χ0) is 20.3. The molecule has 1 aromatic heterocycles. The van der Waals surface area contributed by atoms with Crippen LogP contribution in [-0.2, 0) is 9.59 Å². The van der Waals surface area contributed by atoms with Gasteiger partial charge in [-0.2, -0.15) is 0 Å². The molecule has 0 fully saturated rings. The van der Waals surface area contributed by atoms with E-state index in [0.29, 0.717) is 5.69 Å². The van der Waals surface area contributed by atoms with E-state index in [0.717, 1.165) is 11.1 Å². The summed E-state index contributed by atoms with van der Waals surface area (Å²) in [5, 5.41) is 2.70. The van der Waals surface area contributed by atoms with Crippen molar-refractivity contribution in [2.75, 3.05) is 12.4 Å². The second-order valence-electron chi connectivity index (χ2n) is 6.28. The van der Waals surface area contributed by atoms with Gasteiger partial charge in [-0.25, -0.2) is 4.98 Å². The van der Waals surface area contributed by atoms with Gasteiger partial charge < -0.3 is 20.7 Å². The Kier molecular flexibility index (Phi) is 5.39. The Balaban J connectivity index is 1.82. The number of primary amides is 1. The largest absolute Gasteiger partial charge is 0.480 e. The fraction of sp³-hybridized carbons (Fsp3) is 0.200. The summed E-state index contributed by atoms with van der Waals surface area (Å²) >= 11 is 0. The van der Waals surface area contributed by atoms with Crippen LogP contribution in [0.25, 0.3) is 6.08 Å². The monoisotopic (exact) mass is 380 g/mol. The number of aromatic nitrogens is 1. The summed E-state index contributed by atoms with van der Waals surface area (Å²) in [6, 6.07) is 8.57. The van der Waals surface area contributed by atoms with E-state index in [9.17, 15) is 14.4 Å². The van der Waals surface area contributed by atoms with E-state index in [1.807, 2.05) is 30.3 Å². The van der Waals surface area contributed by atoms with Crippen LogP contribution in [0.5, 0.6) is 5.88 Å². The van der Waals surface area contributed by atoms with Crippen LogP contribution in [0.4, 0.5) is 5.69 Å². The average Bonchev–Trinajstić information content (AvgIpc) is 2.67. The molecule has 0 saturated heterocycles. The van der Waals surface area contributed by atoms with Gasteiger partial charge in [0, 0.05) is 13.1 Å². The Morgan fingerprint density at radius 3 is 2.71 bits per heavy atom. The molecule has 3 N–H and O–H groups in total. The number of nitrogens with two attached hydrogens (primary N) is 1. The Morgan fingerprint density at radius 1 is 1.29 bits per heavy atom. The van der Waals surface area contributed by atoms with Gasteiger partial charge in [-0.05, 0) is 23.3 Å². The van der Waals surface area contributed by atoms with E-state index >= 15 is 0 Å². The van der Waals surface area contributed by atoms with Crippen LogP contribution >= 0.6 is 0 Å². The minimum atomic E-state index is -0.713. The lowest BCUT2D eigenvalue weighted by atomic mass is 9.93. The van der Waals surface area contributed by atoms with E-state index in [1.54, 1.807) is 6.20 Å². The number of pyridine rings is 1. The van der Waals surface area contributed by atoms with Crippen molar-refractivity contribution in [1.29, 1.82) is 0 Å². The molecule has 0 radical (unpaired) electrons. The predicted molar refractivity (Wildman–Crippen MR) is 103 cm³/mol. The zero-order valence-corrected chi connectivity index (χ0v) is 15.5. The highest BCUT2D eigenvalue weighted by molar-refractivity contribution is 5.98. The van der Waals surface area contributed by atoms with E-state index in [4.69, 9.17) is 10.5 Å². The lowest BCUT2D eigenvalue weighted by molar-refractivity contribution is -0.129. The van der Waals surface area contributed by atoms with Crippen molar-refractivity contribution in [3.05, 3.63) is 59.4 Å². The molecule has 8 heteroatoms. The molecule has 1 atom stereocenters. The number of nitrogens with one attached hydrogen (secondary N) is 1. The molecule has 1 unspecified atom stereocenters. The van der Waals surface area contributed by atoms with Crippen LogP contribution in [-0.4, -0.2) is 34.7 Å². The SMILES string of the molecule is COc1ncc(NC(=O)CC2c3ccccc3C=CN2C(C)=O)cc1C(N)=O. The van der Waals surface area contributed by atoms with Crippen molar-refractivity contribution >= 4 is 29.5 Å². The molecule has 3 amide bonds. The minimum absolute atomic E-state index is 0.0405. The third kappa shape index (κ3) is 3.85. The topological polar surface area (TPSA) is 115 Å². The lowest BCUT2D eigenvalue weighted by Crippen LogP contribution is -2.33. The summed E-state index contributed by atoms with van der Waals surface area (Å²) in [5.74, 6) is -1.12. The normalized spacial score (nSPS) is 14.9. The molecule has 2 aromatic rings. The van der Waals surface area contributed by atoms with Crippen molar-refractivity contribution in [3.8, 4) is 5.88 Å². The number of fused-ring (bicyclic) bond motifs is 1. The second-order valence-corrected chi connectivity index (χ2v) is 6.28. The molecule has 1 aliphatic heterocycles. The highest BCUT2D eigenvalue weighted by Crippen LogP contribution is 2.33. The van der Waals surface area contributed by atoms with Gasteiger partial charge in [0.2, 0.25) is 17.7 Å². The summed E-state index contributed by atoms with van der Waals surface area (Å²) in [4.78, 5) is 41.7.